The van der Waals surface area contributed by atoms with Gasteiger partial charge in [-0.2, -0.15) is 0 Å². The van der Waals surface area contributed by atoms with Gasteiger partial charge in [-0.25, -0.2) is 9.00 Å². The van der Waals surface area contributed by atoms with Gasteiger partial charge in [0.25, 0.3) is 0 Å². The summed E-state index contributed by atoms with van der Waals surface area (Å²) in [6.07, 6.45) is 0. The molecule has 0 aliphatic carbocycles. The first-order chi connectivity index (χ1) is 7.74. The third kappa shape index (κ3) is 3.24. The Labute approximate surface area is 99.9 Å². The predicted octanol–water partition coefficient (Wildman–Crippen LogP) is -0.0909. The van der Waals surface area contributed by atoms with Gasteiger partial charge in [0.1, 0.15) is 0 Å². The Hall–Kier alpha value is -1.48. The van der Waals surface area contributed by atoms with Crippen molar-refractivity contribution >= 4 is 23.0 Å². The van der Waals surface area contributed by atoms with Crippen molar-refractivity contribution in [2.75, 3.05) is 5.73 Å². The summed E-state index contributed by atoms with van der Waals surface area (Å²) in [6, 6.07) is 3.89. The minimum Gasteiger partial charge on any atom is -0.750 e. The molecule has 1 rings (SSSR count). The number of benzene rings is 1. The first kappa shape index (κ1) is 13.6. The lowest BCUT2D eigenvalue weighted by Crippen LogP contribution is -2.37. The molecule has 8 heteroatoms. The van der Waals surface area contributed by atoms with Crippen LogP contribution in [0.4, 0.5) is 5.69 Å². The van der Waals surface area contributed by atoms with E-state index in [-0.39, 0.29) is 16.8 Å². The Kier molecular flexibility index (Phi) is 3.83. The van der Waals surface area contributed by atoms with Crippen molar-refractivity contribution in [2.24, 2.45) is 5.73 Å². The quantitative estimate of drug-likeness (QED) is 0.390. The Balaban J connectivity index is 3.19. The molecule has 0 amide bonds. The van der Waals surface area contributed by atoms with Gasteiger partial charge >= 0.3 is 5.97 Å². The van der Waals surface area contributed by atoms with Crippen LogP contribution >= 0.6 is 0 Å². The second-order valence-corrected chi connectivity index (χ2v) is 4.08. The van der Waals surface area contributed by atoms with E-state index in [1.165, 1.54) is 25.1 Å². The molecule has 0 fully saturated rings. The average Bonchev–Trinajstić information content (AvgIpc) is 2.15. The largest absolute Gasteiger partial charge is 0.750 e. The summed E-state index contributed by atoms with van der Waals surface area (Å²) in [7, 11) is 0. The van der Waals surface area contributed by atoms with Crippen molar-refractivity contribution in [1.29, 1.82) is 0 Å². The topological polar surface area (TPSA) is 139 Å². The molecule has 7 nitrogen and oxygen atoms in total. The SMILES string of the molecule is CC(N)(OS(=O)[O-])c1ccc(N)c(C(=O)O)c1. The fraction of sp³-hybridized carbons (Fsp3) is 0.222. The summed E-state index contributed by atoms with van der Waals surface area (Å²) in [4.78, 5) is 10.8. The molecule has 0 heterocycles. The van der Waals surface area contributed by atoms with E-state index in [1.54, 1.807) is 0 Å². The highest BCUT2D eigenvalue weighted by Crippen LogP contribution is 2.24. The van der Waals surface area contributed by atoms with E-state index in [1.807, 2.05) is 0 Å². The van der Waals surface area contributed by atoms with Crippen LogP contribution < -0.4 is 11.5 Å². The van der Waals surface area contributed by atoms with Crippen LogP contribution in [-0.4, -0.2) is 19.8 Å². The van der Waals surface area contributed by atoms with Crippen LogP contribution in [0.1, 0.15) is 22.8 Å². The third-order valence-corrected chi connectivity index (χ3v) is 2.58. The zero-order valence-corrected chi connectivity index (χ0v) is 9.69. The van der Waals surface area contributed by atoms with Gasteiger partial charge in [0, 0.05) is 11.3 Å². The molecule has 0 spiro atoms. The molecule has 0 aliphatic heterocycles. The van der Waals surface area contributed by atoms with Crippen molar-refractivity contribution < 1.29 is 22.8 Å². The van der Waals surface area contributed by atoms with Crippen LogP contribution in [0.25, 0.3) is 0 Å². The number of nitrogens with two attached hydrogens (primary N) is 2. The molecule has 5 N–H and O–H groups in total. The Morgan fingerprint density at radius 1 is 1.59 bits per heavy atom. The Morgan fingerprint density at radius 2 is 2.18 bits per heavy atom. The maximum absolute atomic E-state index is 10.8. The van der Waals surface area contributed by atoms with Gasteiger partial charge in [-0.1, -0.05) is 6.07 Å². The number of rotatable bonds is 4. The molecular weight excluding hydrogens is 248 g/mol. The predicted molar refractivity (Wildman–Crippen MR) is 59.4 cm³/mol. The van der Waals surface area contributed by atoms with Gasteiger partial charge in [-0.15, -0.1) is 0 Å². The Morgan fingerprint density at radius 3 is 2.65 bits per heavy atom. The van der Waals surface area contributed by atoms with E-state index in [9.17, 15) is 13.6 Å². The first-order valence-electron chi connectivity index (χ1n) is 4.45. The summed E-state index contributed by atoms with van der Waals surface area (Å²) < 4.78 is 25.3. The fourth-order valence-corrected chi connectivity index (χ4v) is 1.62. The lowest BCUT2D eigenvalue weighted by atomic mass is 10.0. The minimum atomic E-state index is -2.81. The summed E-state index contributed by atoms with van der Waals surface area (Å²) in [6.45, 7) is 1.29. The summed E-state index contributed by atoms with van der Waals surface area (Å²) in [5.41, 5.74) is 9.49. The number of hydrogen-bond acceptors (Lipinski definition) is 6. The van der Waals surface area contributed by atoms with Crippen LogP contribution in [0.15, 0.2) is 18.2 Å². The van der Waals surface area contributed by atoms with Crippen LogP contribution in [-0.2, 0) is 21.3 Å². The van der Waals surface area contributed by atoms with Crippen LogP contribution in [0.5, 0.6) is 0 Å². The smallest absolute Gasteiger partial charge is 0.337 e. The van der Waals surface area contributed by atoms with Gasteiger partial charge < -0.3 is 15.4 Å². The monoisotopic (exact) mass is 259 g/mol. The van der Waals surface area contributed by atoms with Crippen molar-refractivity contribution in [3.8, 4) is 0 Å². The number of nitrogen functional groups attached to an aromatic ring is 1. The fourth-order valence-electron chi connectivity index (χ4n) is 1.24. The maximum atomic E-state index is 10.8. The lowest BCUT2D eigenvalue weighted by molar-refractivity contribution is 0.0697. The summed E-state index contributed by atoms with van der Waals surface area (Å²) in [5, 5.41) is 8.85. The maximum Gasteiger partial charge on any atom is 0.337 e. The van der Waals surface area contributed by atoms with Crippen molar-refractivity contribution in [3.05, 3.63) is 29.3 Å². The zero-order chi connectivity index (χ0) is 13.2. The number of carbonyl (C=O) groups is 1. The van der Waals surface area contributed by atoms with E-state index in [0.29, 0.717) is 0 Å². The van der Waals surface area contributed by atoms with Crippen LogP contribution in [0.3, 0.4) is 0 Å². The van der Waals surface area contributed by atoms with E-state index in [2.05, 4.69) is 4.18 Å². The number of carboxylic acid groups (broad SMARTS) is 1. The van der Waals surface area contributed by atoms with Gasteiger partial charge in [-0.3, -0.25) is 9.92 Å². The van der Waals surface area contributed by atoms with Crippen molar-refractivity contribution in [1.82, 2.24) is 0 Å². The summed E-state index contributed by atoms with van der Waals surface area (Å²) >= 11 is -2.81. The van der Waals surface area contributed by atoms with Crippen molar-refractivity contribution in [3.63, 3.8) is 0 Å². The molecule has 0 aromatic heterocycles. The van der Waals surface area contributed by atoms with Gasteiger partial charge in [0.05, 0.1) is 16.9 Å². The van der Waals surface area contributed by atoms with Gasteiger partial charge in [0.15, 0.2) is 5.72 Å². The highest BCUT2D eigenvalue weighted by molar-refractivity contribution is 7.74. The molecule has 0 aliphatic rings. The number of hydrogen-bond donors (Lipinski definition) is 3. The Bertz CT molecular complexity index is 474. The van der Waals surface area contributed by atoms with Crippen LogP contribution in [0.2, 0.25) is 0 Å². The average molecular weight is 259 g/mol. The van der Waals surface area contributed by atoms with E-state index in [4.69, 9.17) is 16.6 Å². The molecule has 0 radical (unpaired) electrons. The van der Waals surface area contributed by atoms with Crippen molar-refractivity contribution in [2.45, 2.75) is 12.6 Å². The second-order valence-electron chi connectivity index (χ2n) is 3.50. The molecule has 2 atom stereocenters. The molecule has 2 unspecified atom stereocenters. The highest BCUT2D eigenvalue weighted by atomic mass is 32.2. The molecule has 1 aromatic carbocycles. The number of aromatic carboxylic acids is 1. The normalized spacial score (nSPS) is 16.2. The van der Waals surface area contributed by atoms with E-state index in [0.717, 1.165) is 0 Å². The standard InChI is InChI=1S/C9H12N2O5S/c1-9(11,16-17(14)15)5-2-3-7(10)6(4-5)8(12)13/h2-4H,10-11H2,1H3,(H,12,13)(H,14,15)/p-1. The molecule has 94 valence electrons. The molecule has 17 heavy (non-hydrogen) atoms. The highest BCUT2D eigenvalue weighted by Gasteiger charge is 2.24. The molecule has 1 aromatic rings. The summed E-state index contributed by atoms with van der Waals surface area (Å²) in [5.74, 6) is -1.23. The molecule has 0 bridgehead atoms. The lowest BCUT2D eigenvalue weighted by Gasteiger charge is -2.26. The molecule has 0 saturated heterocycles. The van der Waals surface area contributed by atoms with E-state index < -0.39 is 23.1 Å². The van der Waals surface area contributed by atoms with Gasteiger partial charge in [0.2, 0.25) is 0 Å². The molecule has 0 saturated carbocycles. The number of anilines is 1. The zero-order valence-electron chi connectivity index (χ0n) is 8.88. The van der Waals surface area contributed by atoms with Crippen LogP contribution in [0, 0.1) is 0 Å². The second kappa shape index (κ2) is 4.80. The van der Waals surface area contributed by atoms with Gasteiger partial charge in [-0.05, 0) is 19.1 Å². The third-order valence-electron chi connectivity index (χ3n) is 2.10. The van der Waals surface area contributed by atoms with E-state index >= 15 is 0 Å². The minimum absolute atomic E-state index is 0.0558. The first-order valence-corrected chi connectivity index (χ1v) is 5.45. The molecular formula is C9H11N2O5S-. The number of carboxylic acids is 1.